The van der Waals surface area contributed by atoms with E-state index in [4.69, 9.17) is 4.43 Å². The monoisotopic (exact) mass is 376 g/mol. The Morgan fingerprint density at radius 1 is 1.12 bits per heavy atom. The van der Waals surface area contributed by atoms with Crippen molar-refractivity contribution in [3.8, 4) is 0 Å². The second-order valence-electron chi connectivity index (χ2n) is 10.1. The maximum atomic E-state index is 13.7. The second kappa shape index (κ2) is 7.20. The summed E-state index contributed by atoms with van der Waals surface area (Å²) >= 11 is 0. The molecule has 4 bridgehead atoms. The normalized spacial score (nSPS) is 35.0. The lowest BCUT2D eigenvalue weighted by Gasteiger charge is -2.55. The van der Waals surface area contributed by atoms with Gasteiger partial charge < -0.3 is 4.43 Å². The first kappa shape index (κ1) is 20.3. The van der Waals surface area contributed by atoms with Crippen molar-refractivity contribution in [2.24, 2.45) is 23.2 Å². The molecule has 3 rings (SSSR count). The van der Waals surface area contributed by atoms with E-state index in [1.54, 1.807) is 0 Å². The summed E-state index contributed by atoms with van der Waals surface area (Å²) in [6.45, 7) is 16.4. The lowest BCUT2D eigenvalue weighted by atomic mass is 9.53. The Hall–Kier alpha value is -0.413. The van der Waals surface area contributed by atoms with Crippen molar-refractivity contribution in [1.29, 1.82) is 0 Å². The van der Waals surface area contributed by atoms with Gasteiger partial charge in [0.1, 0.15) is 5.78 Å². The van der Waals surface area contributed by atoms with E-state index in [-0.39, 0.29) is 17.4 Å². The van der Waals surface area contributed by atoms with Gasteiger partial charge in [0.2, 0.25) is 8.32 Å². The van der Waals surface area contributed by atoms with Crippen LogP contribution in [0.5, 0.6) is 0 Å². The van der Waals surface area contributed by atoms with Gasteiger partial charge in [-0.05, 0) is 54.1 Å². The summed E-state index contributed by atoms with van der Waals surface area (Å²) in [4.78, 5) is 13.7. The lowest BCUT2D eigenvalue weighted by molar-refractivity contribution is -0.155. The molecule has 0 aromatic carbocycles. The highest BCUT2D eigenvalue weighted by atomic mass is 28.4. The smallest absolute Gasteiger partial charge is 0.200 e. The van der Waals surface area contributed by atoms with Crippen molar-refractivity contribution in [2.75, 3.05) is 0 Å². The molecule has 26 heavy (non-hydrogen) atoms. The average Bonchev–Trinajstić information content (AvgIpc) is 3.03. The summed E-state index contributed by atoms with van der Waals surface area (Å²) in [5.41, 5.74) is 1.46. The third-order valence-electron chi connectivity index (χ3n) is 8.20. The molecule has 0 amide bonds. The third-order valence-corrected chi connectivity index (χ3v) is 14.3. The molecule has 0 radical (unpaired) electrons. The summed E-state index contributed by atoms with van der Waals surface area (Å²) in [6, 6.07) is 0. The lowest BCUT2D eigenvalue weighted by Crippen LogP contribution is -2.61. The maximum Gasteiger partial charge on any atom is 0.200 e. The van der Waals surface area contributed by atoms with Crippen molar-refractivity contribution in [2.45, 2.75) is 103 Å². The maximum absolute atomic E-state index is 13.7. The molecule has 0 aromatic rings. The molecule has 0 spiro atoms. The summed E-state index contributed by atoms with van der Waals surface area (Å²) in [6.07, 6.45) is 10.4. The first-order chi connectivity index (χ1) is 12.2. The van der Waals surface area contributed by atoms with Crippen LogP contribution in [0, 0.1) is 23.2 Å². The zero-order valence-electron chi connectivity index (χ0n) is 18.0. The van der Waals surface area contributed by atoms with Gasteiger partial charge in [0.05, 0.1) is 11.5 Å². The van der Waals surface area contributed by atoms with E-state index in [1.165, 1.54) is 12.8 Å². The number of Topliss-reactive ketones (excluding diaryl/α,β-unsaturated/α-hetero) is 1. The van der Waals surface area contributed by atoms with Crippen molar-refractivity contribution < 1.29 is 9.22 Å². The molecule has 2 saturated carbocycles. The van der Waals surface area contributed by atoms with Gasteiger partial charge in [0.15, 0.2) is 0 Å². The quantitative estimate of drug-likeness (QED) is 0.373. The summed E-state index contributed by atoms with van der Waals surface area (Å²) < 4.78 is 7.29. The van der Waals surface area contributed by atoms with E-state index in [0.29, 0.717) is 34.2 Å². The molecule has 0 heterocycles. The fraction of sp³-hybridized carbons (Fsp3) is 0.870. The molecule has 0 aromatic heterocycles. The molecule has 0 unspecified atom stereocenters. The van der Waals surface area contributed by atoms with Gasteiger partial charge in [0, 0.05) is 5.92 Å². The second-order valence-corrected chi connectivity index (χ2v) is 15.5. The van der Waals surface area contributed by atoms with E-state index in [0.717, 1.165) is 19.3 Å². The van der Waals surface area contributed by atoms with E-state index in [2.05, 4.69) is 60.6 Å². The Morgan fingerprint density at radius 3 is 2.27 bits per heavy atom. The Morgan fingerprint density at radius 2 is 1.73 bits per heavy atom. The SMILES string of the molecule is CC[C@H](O[Si](C(C)C)(C(C)C)C(C)C)[C@]12CCC[C@H](C1=O)[C@@H]1C=C[C@H]2C1. The molecule has 2 nitrogen and oxygen atoms in total. The van der Waals surface area contributed by atoms with Crippen LogP contribution in [-0.4, -0.2) is 20.2 Å². The molecule has 3 heteroatoms. The van der Waals surface area contributed by atoms with Crippen LogP contribution in [0.3, 0.4) is 0 Å². The number of ketones is 1. The zero-order valence-corrected chi connectivity index (χ0v) is 19.0. The Labute approximate surface area is 162 Å². The van der Waals surface area contributed by atoms with Crippen molar-refractivity contribution in [3.63, 3.8) is 0 Å². The van der Waals surface area contributed by atoms with Crippen LogP contribution in [0.1, 0.15) is 80.6 Å². The van der Waals surface area contributed by atoms with E-state index in [1.807, 2.05) is 0 Å². The highest BCUT2D eigenvalue weighted by Crippen LogP contribution is 2.59. The standard InChI is InChI=1S/C23H40O2Si/c1-8-21(25-26(15(2)3,16(4)5)17(6)7)23-13-9-10-20(22(23)24)18-11-12-19(23)14-18/h11-12,15-21H,8-10,13-14H2,1-7H3/t18-,19+,20+,21+,23-/m1/s1. The fourth-order valence-electron chi connectivity index (χ4n) is 7.16. The van der Waals surface area contributed by atoms with Crippen molar-refractivity contribution in [1.82, 2.24) is 0 Å². The van der Waals surface area contributed by atoms with Gasteiger partial charge in [-0.2, -0.15) is 0 Å². The molecular weight excluding hydrogens is 336 g/mol. The van der Waals surface area contributed by atoms with Gasteiger partial charge in [0.25, 0.3) is 0 Å². The highest BCUT2D eigenvalue weighted by Gasteiger charge is 2.62. The minimum absolute atomic E-state index is 0.102. The third kappa shape index (κ3) is 2.71. The molecule has 2 fully saturated rings. The largest absolute Gasteiger partial charge is 0.412 e. The summed E-state index contributed by atoms with van der Waals surface area (Å²) in [5, 5.41) is 0. The van der Waals surface area contributed by atoms with Gasteiger partial charge in [-0.25, -0.2) is 0 Å². The molecule has 148 valence electrons. The molecular formula is C23H40O2Si. The van der Waals surface area contributed by atoms with Crippen LogP contribution in [0.15, 0.2) is 12.2 Å². The topological polar surface area (TPSA) is 26.3 Å². The molecule has 3 aliphatic rings. The number of carbonyl (C=O) groups is 1. The minimum atomic E-state index is -1.99. The molecule has 0 N–H and O–H groups in total. The first-order valence-corrected chi connectivity index (χ1v) is 13.3. The number of rotatable bonds is 7. The van der Waals surface area contributed by atoms with Crippen molar-refractivity contribution >= 4 is 14.1 Å². The van der Waals surface area contributed by atoms with Gasteiger partial charge in [-0.1, -0.05) is 67.0 Å². The van der Waals surface area contributed by atoms with Crippen molar-refractivity contribution in [3.05, 3.63) is 12.2 Å². The summed E-state index contributed by atoms with van der Waals surface area (Å²) in [5.74, 6) is 1.76. The Bertz CT molecular complexity index is 543. The number of fused-ring (bicyclic) bond motifs is 6. The van der Waals surface area contributed by atoms with Gasteiger partial charge >= 0.3 is 0 Å². The Kier molecular flexibility index (Phi) is 5.63. The number of hydrogen-bond donors (Lipinski definition) is 0. The highest BCUT2D eigenvalue weighted by molar-refractivity contribution is 6.77. The predicted octanol–water partition coefficient (Wildman–Crippen LogP) is 6.52. The average molecular weight is 377 g/mol. The fourth-order valence-corrected chi connectivity index (χ4v) is 12.9. The van der Waals surface area contributed by atoms with Gasteiger partial charge in [-0.15, -0.1) is 0 Å². The number of hydrogen-bond acceptors (Lipinski definition) is 2. The molecule has 5 atom stereocenters. The van der Waals surface area contributed by atoms with Crippen LogP contribution >= 0.6 is 0 Å². The van der Waals surface area contributed by atoms with Crippen LogP contribution < -0.4 is 0 Å². The predicted molar refractivity (Wildman–Crippen MR) is 112 cm³/mol. The Balaban J connectivity index is 2.02. The van der Waals surface area contributed by atoms with E-state index < -0.39 is 8.32 Å². The van der Waals surface area contributed by atoms with E-state index >= 15 is 0 Å². The van der Waals surface area contributed by atoms with Gasteiger partial charge in [-0.3, -0.25) is 4.79 Å². The number of carbonyl (C=O) groups excluding carboxylic acids is 1. The van der Waals surface area contributed by atoms with Crippen LogP contribution in [0.25, 0.3) is 0 Å². The molecule has 0 saturated heterocycles. The summed E-state index contributed by atoms with van der Waals surface area (Å²) in [7, 11) is -1.99. The molecule has 3 aliphatic carbocycles. The van der Waals surface area contributed by atoms with Crippen LogP contribution in [-0.2, 0) is 9.22 Å². The zero-order chi connectivity index (χ0) is 19.3. The first-order valence-electron chi connectivity index (χ1n) is 11.1. The van der Waals surface area contributed by atoms with Crippen LogP contribution in [0.4, 0.5) is 0 Å². The minimum Gasteiger partial charge on any atom is -0.412 e. The number of allylic oxidation sites excluding steroid dienone is 2. The van der Waals surface area contributed by atoms with E-state index in [9.17, 15) is 4.79 Å². The molecule has 0 aliphatic heterocycles. The van der Waals surface area contributed by atoms with Crippen LogP contribution in [0.2, 0.25) is 16.6 Å².